The summed E-state index contributed by atoms with van der Waals surface area (Å²) in [4.78, 5) is 11.8. The highest BCUT2D eigenvalue weighted by molar-refractivity contribution is 5.72. The summed E-state index contributed by atoms with van der Waals surface area (Å²) in [6.07, 6.45) is -0.497. The van der Waals surface area contributed by atoms with Crippen LogP contribution in [-0.4, -0.2) is 43.7 Å². The quantitative estimate of drug-likeness (QED) is 0.175. The van der Waals surface area contributed by atoms with Crippen LogP contribution in [0.3, 0.4) is 0 Å². The van der Waals surface area contributed by atoms with Gasteiger partial charge in [0.25, 0.3) is 0 Å². The predicted molar refractivity (Wildman–Crippen MR) is 169 cm³/mol. The van der Waals surface area contributed by atoms with Crippen molar-refractivity contribution in [3.8, 4) is 5.75 Å². The van der Waals surface area contributed by atoms with Crippen LogP contribution in [0.2, 0.25) is 0 Å². The molecule has 0 spiro atoms. The molecule has 1 N–H and O–H groups in total. The average Bonchev–Trinajstić information content (AvgIpc) is 3.06. The zero-order chi connectivity index (χ0) is 30.4. The molecule has 4 aromatic rings. The molecule has 1 fully saturated rings. The number of carbonyl (C=O) groups excluding carboxylic acids is 1. The molecule has 1 aliphatic rings. The standard InChI is InChI=1S/C37H39NO6/c1-28(39)38-23-22-33-35(41-25-30-16-8-3-9-17-30)36(42-26-31-18-10-4-11-19-31)34(27-40-24-29-14-6-2-7-15-29)44-37(33)43-32-20-12-5-13-21-32/h2-22,34-37H,23-27H2,1H3,(H,38,39)/b33-22-/t34-,35-,36+,37?/m1/s1. The maximum atomic E-state index is 11.8. The van der Waals surface area contributed by atoms with E-state index in [2.05, 4.69) is 5.32 Å². The third-order valence-corrected chi connectivity index (χ3v) is 7.19. The van der Waals surface area contributed by atoms with Gasteiger partial charge in [-0.2, -0.15) is 0 Å². The highest BCUT2D eigenvalue weighted by Gasteiger charge is 2.45. The number of ether oxygens (including phenoxy) is 5. The Morgan fingerprint density at radius 2 is 1.25 bits per heavy atom. The first-order valence-corrected chi connectivity index (χ1v) is 14.9. The zero-order valence-electron chi connectivity index (χ0n) is 24.9. The molecule has 228 valence electrons. The van der Waals surface area contributed by atoms with Crippen molar-refractivity contribution in [2.45, 2.75) is 51.3 Å². The fourth-order valence-electron chi connectivity index (χ4n) is 4.99. The molecule has 1 amide bonds. The molecular weight excluding hydrogens is 554 g/mol. The summed E-state index contributed by atoms with van der Waals surface area (Å²) in [6.45, 7) is 3.17. The molecule has 4 aromatic carbocycles. The molecule has 0 aromatic heterocycles. The van der Waals surface area contributed by atoms with Crippen LogP contribution in [0.1, 0.15) is 23.6 Å². The second-order valence-corrected chi connectivity index (χ2v) is 10.6. The Bertz CT molecular complexity index is 1430. The van der Waals surface area contributed by atoms with E-state index in [1.807, 2.05) is 127 Å². The monoisotopic (exact) mass is 593 g/mol. The molecule has 1 saturated heterocycles. The Morgan fingerprint density at radius 3 is 1.82 bits per heavy atom. The van der Waals surface area contributed by atoms with Gasteiger partial charge < -0.3 is 29.0 Å². The van der Waals surface area contributed by atoms with Gasteiger partial charge >= 0.3 is 0 Å². The van der Waals surface area contributed by atoms with Crippen molar-refractivity contribution in [3.05, 3.63) is 150 Å². The lowest BCUT2D eigenvalue weighted by atomic mass is 9.95. The maximum absolute atomic E-state index is 11.8. The molecule has 4 atom stereocenters. The first kappa shape index (κ1) is 31.2. The molecule has 0 bridgehead atoms. The molecule has 44 heavy (non-hydrogen) atoms. The van der Waals surface area contributed by atoms with Crippen molar-refractivity contribution < 1.29 is 28.5 Å². The second kappa shape index (κ2) is 16.5. The number of carbonyl (C=O) groups is 1. The van der Waals surface area contributed by atoms with Gasteiger partial charge in [0.05, 0.1) is 26.4 Å². The lowest BCUT2D eigenvalue weighted by Crippen LogP contribution is -2.55. The minimum absolute atomic E-state index is 0.134. The van der Waals surface area contributed by atoms with E-state index in [-0.39, 0.29) is 19.1 Å². The molecule has 0 radical (unpaired) electrons. The predicted octanol–water partition coefficient (Wildman–Crippen LogP) is 6.24. The highest BCUT2D eigenvalue weighted by atomic mass is 16.7. The van der Waals surface area contributed by atoms with E-state index in [0.717, 1.165) is 22.3 Å². The summed E-state index contributed by atoms with van der Waals surface area (Å²) >= 11 is 0. The van der Waals surface area contributed by atoms with Crippen LogP contribution in [-0.2, 0) is 43.6 Å². The molecule has 1 aliphatic heterocycles. The molecule has 1 heterocycles. The van der Waals surface area contributed by atoms with E-state index in [9.17, 15) is 4.79 Å². The molecule has 0 aliphatic carbocycles. The SMILES string of the molecule is CC(=O)NC/C=C1\C(Oc2ccccc2)O[C@H](COCc2ccccc2)[C@H](OCc2ccccc2)[C@@H]1OCc1ccccc1. The van der Waals surface area contributed by atoms with E-state index in [1.54, 1.807) is 0 Å². The van der Waals surface area contributed by atoms with Gasteiger partial charge in [-0.1, -0.05) is 115 Å². The smallest absolute Gasteiger partial charge is 0.225 e. The van der Waals surface area contributed by atoms with E-state index in [0.29, 0.717) is 25.6 Å². The van der Waals surface area contributed by atoms with Crippen LogP contribution in [0.4, 0.5) is 0 Å². The van der Waals surface area contributed by atoms with Crippen molar-refractivity contribution in [2.75, 3.05) is 13.2 Å². The third-order valence-electron chi connectivity index (χ3n) is 7.19. The van der Waals surface area contributed by atoms with Gasteiger partial charge in [-0.3, -0.25) is 4.79 Å². The fraction of sp³-hybridized carbons (Fsp3) is 0.270. The Morgan fingerprint density at radius 1 is 0.727 bits per heavy atom. The molecule has 7 heteroatoms. The van der Waals surface area contributed by atoms with Gasteiger partial charge in [-0.25, -0.2) is 0 Å². The Kier molecular flexibility index (Phi) is 11.7. The molecule has 7 nitrogen and oxygen atoms in total. The first-order valence-electron chi connectivity index (χ1n) is 14.9. The normalized spacial score (nSPS) is 20.7. The minimum Gasteiger partial charge on any atom is -0.461 e. The third kappa shape index (κ3) is 9.36. The lowest BCUT2D eigenvalue weighted by molar-refractivity contribution is -0.229. The van der Waals surface area contributed by atoms with Gasteiger partial charge in [0, 0.05) is 19.0 Å². The summed E-state index contributed by atoms with van der Waals surface area (Å²) in [5.41, 5.74) is 3.86. The number of nitrogens with one attached hydrogen (secondary N) is 1. The molecule has 5 rings (SSSR count). The van der Waals surface area contributed by atoms with Crippen LogP contribution in [0.15, 0.2) is 133 Å². The van der Waals surface area contributed by atoms with E-state index in [4.69, 9.17) is 23.7 Å². The second-order valence-electron chi connectivity index (χ2n) is 10.6. The van der Waals surface area contributed by atoms with Crippen LogP contribution in [0.5, 0.6) is 5.75 Å². The Balaban J connectivity index is 1.46. The molecular formula is C37H39NO6. The number of hydrogen-bond donors (Lipinski definition) is 1. The number of benzene rings is 4. The van der Waals surface area contributed by atoms with E-state index >= 15 is 0 Å². The van der Waals surface area contributed by atoms with Crippen molar-refractivity contribution in [1.82, 2.24) is 5.32 Å². The molecule has 0 saturated carbocycles. The van der Waals surface area contributed by atoms with Gasteiger partial charge in [0.1, 0.15) is 24.1 Å². The van der Waals surface area contributed by atoms with E-state index in [1.165, 1.54) is 6.92 Å². The number of amides is 1. The van der Waals surface area contributed by atoms with Gasteiger partial charge in [0.2, 0.25) is 12.2 Å². The van der Waals surface area contributed by atoms with Crippen LogP contribution >= 0.6 is 0 Å². The zero-order valence-corrected chi connectivity index (χ0v) is 24.9. The largest absolute Gasteiger partial charge is 0.461 e. The van der Waals surface area contributed by atoms with Crippen molar-refractivity contribution >= 4 is 5.91 Å². The van der Waals surface area contributed by atoms with Crippen molar-refractivity contribution in [2.24, 2.45) is 0 Å². The van der Waals surface area contributed by atoms with Gasteiger partial charge in [-0.05, 0) is 28.8 Å². The fourth-order valence-corrected chi connectivity index (χ4v) is 4.99. The Hall–Kier alpha value is -4.27. The van der Waals surface area contributed by atoms with Gasteiger partial charge in [-0.15, -0.1) is 0 Å². The molecule has 1 unspecified atom stereocenters. The van der Waals surface area contributed by atoms with Crippen LogP contribution < -0.4 is 10.1 Å². The Labute approximate surface area is 259 Å². The average molecular weight is 594 g/mol. The summed E-state index contributed by atoms with van der Waals surface area (Å²) < 4.78 is 32.6. The summed E-state index contributed by atoms with van der Waals surface area (Å²) in [7, 11) is 0. The number of rotatable bonds is 14. The summed E-state index contributed by atoms with van der Waals surface area (Å²) in [6, 6.07) is 39.6. The lowest BCUT2D eigenvalue weighted by Gasteiger charge is -2.43. The summed E-state index contributed by atoms with van der Waals surface area (Å²) in [5.74, 6) is 0.516. The van der Waals surface area contributed by atoms with Crippen LogP contribution in [0, 0.1) is 0 Å². The van der Waals surface area contributed by atoms with Gasteiger partial charge in [0.15, 0.2) is 0 Å². The van der Waals surface area contributed by atoms with Crippen molar-refractivity contribution in [1.29, 1.82) is 0 Å². The summed E-state index contributed by atoms with van der Waals surface area (Å²) in [5, 5.41) is 2.86. The van der Waals surface area contributed by atoms with Crippen LogP contribution in [0.25, 0.3) is 0 Å². The first-order chi connectivity index (χ1) is 21.7. The van der Waals surface area contributed by atoms with Crippen molar-refractivity contribution in [3.63, 3.8) is 0 Å². The highest BCUT2D eigenvalue weighted by Crippen LogP contribution is 2.33. The van der Waals surface area contributed by atoms with E-state index < -0.39 is 24.6 Å². The minimum atomic E-state index is -0.797. The maximum Gasteiger partial charge on any atom is 0.225 e. The number of para-hydroxylation sites is 1. The topological polar surface area (TPSA) is 75.3 Å². The number of hydrogen-bond acceptors (Lipinski definition) is 6.